The van der Waals surface area contributed by atoms with Crippen molar-refractivity contribution in [3.05, 3.63) is 0 Å². The minimum absolute atomic E-state index is 0.440. The summed E-state index contributed by atoms with van der Waals surface area (Å²) < 4.78 is 40.0. The quantitative estimate of drug-likeness (QED) is 0.737. The molecule has 0 fully saturated rings. The van der Waals surface area contributed by atoms with Crippen molar-refractivity contribution in [3.63, 3.8) is 0 Å². The smallest absolute Gasteiger partial charge is 0.366 e. The summed E-state index contributed by atoms with van der Waals surface area (Å²) in [6, 6.07) is 1.63. The number of hydrogen-bond donors (Lipinski definition) is 1. The van der Waals surface area contributed by atoms with Gasteiger partial charge in [0.05, 0.1) is 12.7 Å². The molecule has 0 heterocycles. The van der Waals surface area contributed by atoms with Gasteiger partial charge in [-0.05, 0) is 13.8 Å². The maximum atomic E-state index is 11.9. The third kappa shape index (κ3) is 4.70. The predicted molar refractivity (Wildman–Crippen MR) is 39.7 cm³/mol. The lowest BCUT2D eigenvalue weighted by atomic mass is 10.1. The molecule has 0 spiro atoms. The van der Waals surface area contributed by atoms with Gasteiger partial charge < -0.3 is 10.5 Å². The highest BCUT2D eigenvalue weighted by molar-refractivity contribution is 5.01. The van der Waals surface area contributed by atoms with E-state index in [2.05, 4.69) is 4.74 Å². The Morgan fingerprint density at radius 3 is 2.31 bits per heavy atom. The summed E-state index contributed by atoms with van der Waals surface area (Å²) in [5.74, 6) is 0. The number of alkyl halides is 3. The number of nitriles is 1. The van der Waals surface area contributed by atoms with Crippen molar-refractivity contribution in [3.8, 4) is 6.07 Å². The number of halogens is 3. The van der Waals surface area contributed by atoms with Gasteiger partial charge in [-0.25, -0.2) is 0 Å². The largest absolute Gasteiger partial charge is 0.414 e. The molecule has 76 valence electrons. The molecule has 0 saturated heterocycles. The van der Waals surface area contributed by atoms with Gasteiger partial charge in [0.25, 0.3) is 0 Å². The van der Waals surface area contributed by atoms with E-state index >= 15 is 0 Å². The molecule has 0 radical (unpaired) electrons. The molecule has 0 bridgehead atoms. The topological polar surface area (TPSA) is 59.0 Å². The van der Waals surface area contributed by atoms with Gasteiger partial charge in [0.1, 0.15) is 5.54 Å². The lowest BCUT2D eigenvalue weighted by Gasteiger charge is -2.21. The molecule has 13 heavy (non-hydrogen) atoms. The Hall–Kier alpha value is -0.800. The molecular formula is C7H11F3N2O. The normalized spacial score (nSPS) is 18.8. The zero-order valence-electron chi connectivity index (χ0n) is 7.35. The average molecular weight is 196 g/mol. The molecule has 0 aliphatic carbocycles. The minimum Gasteiger partial charge on any atom is -0.366 e. The standard InChI is InChI=1S/C7H11F3N2O/c1-5(7(8,9)10)13-4-6(2,12)3-11/h5H,4,12H2,1-2H3. The van der Waals surface area contributed by atoms with E-state index in [1.165, 1.54) is 6.92 Å². The van der Waals surface area contributed by atoms with Gasteiger partial charge in [-0.3, -0.25) is 0 Å². The van der Waals surface area contributed by atoms with E-state index in [4.69, 9.17) is 11.0 Å². The molecule has 0 aromatic rings. The first-order valence-electron chi connectivity index (χ1n) is 3.57. The second-order valence-corrected chi connectivity index (χ2v) is 3.02. The molecule has 3 nitrogen and oxygen atoms in total. The van der Waals surface area contributed by atoms with Crippen LogP contribution in [0.15, 0.2) is 0 Å². The van der Waals surface area contributed by atoms with Crippen LogP contribution in [0.4, 0.5) is 13.2 Å². The monoisotopic (exact) mass is 196 g/mol. The molecule has 2 unspecified atom stereocenters. The summed E-state index contributed by atoms with van der Waals surface area (Å²) in [5, 5.41) is 8.37. The summed E-state index contributed by atoms with van der Waals surface area (Å²) in [7, 11) is 0. The van der Waals surface area contributed by atoms with Crippen LogP contribution in [0.1, 0.15) is 13.8 Å². The fourth-order valence-electron chi connectivity index (χ4n) is 0.425. The van der Waals surface area contributed by atoms with Gasteiger partial charge >= 0.3 is 6.18 Å². The van der Waals surface area contributed by atoms with Crippen LogP contribution in [0, 0.1) is 11.3 Å². The Morgan fingerprint density at radius 1 is 1.54 bits per heavy atom. The summed E-state index contributed by atoms with van der Waals surface area (Å²) >= 11 is 0. The van der Waals surface area contributed by atoms with Gasteiger partial charge in [-0.2, -0.15) is 18.4 Å². The fraction of sp³-hybridized carbons (Fsp3) is 0.857. The number of hydrogen-bond acceptors (Lipinski definition) is 3. The van der Waals surface area contributed by atoms with Crippen LogP contribution in [0.2, 0.25) is 0 Å². The number of rotatable bonds is 3. The van der Waals surface area contributed by atoms with Crippen molar-refractivity contribution in [2.24, 2.45) is 5.73 Å². The number of nitrogens with zero attached hydrogens (tertiary/aromatic N) is 1. The highest BCUT2D eigenvalue weighted by Gasteiger charge is 2.38. The first-order chi connectivity index (χ1) is 5.69. The molecule has 0 aliphatic rings. The van der Waals surface area contributed by atoms with Crippen LogP contribution in [0.25, 0.3) is 0 Å². The van der Waals surface area contributed by atoms with Crippen molar-refractivity contribution in [2.45, 2.75) is 31.7 Å². The molecule has 0 aliphatic heterocycles. The molecule has 0 aromatic carbocycles. The molecule has 2 atom stereocenters. The van der Waals surface area contributed by atoms with Gasteiger partial charge in [0.2, 0.25) is 0 Å². The van der Waals surface area contributed by atoms with Crippen LogP contribution in [0.3, 0.4) is 0 Å². The van der Waals surface area contributed by atoms with Crippen molar-refractivity contribution < 1.29 is 17.9 Å². The number of ether oxygens (including phenoxy) is 1. The predicted octanol–water partition coefficient (Wildman–Crippen LogP) is 1.19. The van der Waals surface area contributed by atoms with Crippen LogP contribution < -0.4 is 5.73 Å². The first-order valence-corrected chi connectivity index (χ1v) is 3.57. The van der Waals surface area contributed by atoms with Crippen LogP contribution in [-0.2, 0) is 4.74 Å². The van der Waals surface area contributed by atoms with E-state index in [0.29, 0.717) is 0 Å². The second kappa shape index (κ2) is 3.94. The van der Waals surface area contributed by atoms with Crippen LogP contribution in [0.5, 0.6) is 0 Å². The Kier molecular flexibility index (Phi) is 3.70. The van der Waals surface area contributed by atoms with E-state index in [9.17, 15) is 13.2 Å². The highest BCUT2D eigenvalue weighted by atomic mass is 19.4. The van der Waals surface area contributed by atoms with Crippen LogP contribution >= 0.6 is 0 Å². The van der Waals surface area contributed by atoms with Gasteiger partial charge in [-0.1, -0.05) is 0 Å². The summed E-state index contributed by atoms with van der Waals surface area (Å²) in [4.78, 5) is 0. The Labute approximate surface area is 74.3 Å². The van der Waals surface area contributed by atoms with Crippen LogP contribution in [-0.4, -0.2) is 24.4 Å². The Morgan fingerprint density at radius 2 is 2.00 bits per heavy atom. The summed E-state index contributed by atoms with van der Waals surface area (Å²) in [5.41, 5.74) is 3.88. The molecule has 0 amide bonds. The Balaban J connectivity index is 3.99. The summed E-state index contributed by atoms with van der Waals surface area (Å²) in [6.07, 6.45) is -6.31. The zero-order chi connectivity index (χ0) is 10.7. The van der Waals surface area contributed by atoms with E-state index in [0.717, 1.165) is 6.92 Å². The van der Waals surface area contributed by atoms with Gasteiger partial charge in [0.15, 0.2) is 6.10 Å². The van der Waals surface area contributed by atoms with E-state index in [1.807, 2.05) is 0 Å². The third-order valence-corrected chi connectivity index (χ3v) is 1.35. The van der Waals surface area contributed by atoms with Crippen molar-refractivity contribution in [1.82, 2.24) is 0 Å². The van der Waals surface area contributed by atoms with E-state index in [1.54, 1.807) is 6.07 Å². The lowest BCUT2D eigenvalue weighted by molar-refractivity contribution is -0.216. The van der Waals surface area contributed by atoms with E-state index in [-0.39, 0.29) is 0 Å². The number of nitrogens with two attached hydrogens (primary N) is 1. The zero-order valence-corrected chi connectivity index (χ0v) is 7.35. The SMILES string of the molecule is CC(OCC(C)(N)C#N)C(F)(F)F. The molecule has 0 saturated carbocycles. The minimum atomic E-state index is -4.41. The van der Waals surface area contributed by atoms with Crippen molar-refractivity contribution >= 4 is 0 Å². The molecule has 0 aromatic heterocycles. The highest BCUT2D eigenvalue weighted by Crippen LogP contribution is 2.22. The summed E-state index contributed by atoms with van der Waals surface area (Å²) in [6.45, 7) is 1.73. The molecular weight excluding hydrogens is 185 g/mol. The maximum absolute atomic E-state index is 11.9. The Bertz CT molecular complexity index is 207. The third-order valence-electron chi connectivity index (χ3n) is 1.35. The molecule has 0 rings (SSSR count). The van der Waals surface area contributed by atoms with Crippen molar-refractivity contribution in [1.29, 1.82) is 5.26 Å². The fourth-order valence-corrected chi connectivity index (χ4v) is 0.425. The van der Waals surface area contributed by atoms with Gasteiger partial charge in [0, 0.05) is 0 Å². The average Bonchev–Trinajstić information content (AvgIpc) is 1.98. The second-order valence-electron chi connectivity index (χ2n) is 3.02. The van der Waals surface area contributed by atoms with Crippen molar-refractivity contribution in [2.75, 3.05) is 6.61 Å². The molecule has 6 heteroatoms. The molecule has 2 N–H and O–H groups in total. The first kappa shape index (κ1) is 12.2. The van der Waals surface area contributed by atoms with Gasteiger partial charge in [-0.15, -0.1) is 0 Å². The lowest BCUT2D eigenvalue weighted by Crippen LogP contribution is -2.42. The van der Waals surface area contributed by atoms with E-state index < -0.39 is 24.4 Å². The maximum Gasteiger partial charge on any atom is 0.414 e.